The Bertz CT molecular complexity index is 585. The van der Waals surface area contributed by atoms with Crippen LogP contribution in [0.3, 0.4) is 0 Å². The summed E-state index contributed by atoms with van der Waals surface area (Å²) >= 11 is 0. The molecule has 8 heteroatoms. The zero-order valence-electron chi connectivity index (χ0n) is 12.2. The Morgan fingerprint density at radius 3 is 3.00 bits per heavy atom. The summed E-state index contributed by atoms with van der Waals surface area (Å²) in [6, 6.07) is 0.390. The highest BCUT2D eigenvalue weighted by Gasteiger charge is 2.36. The predicted octanol–water partition coefficient (Wildman–Crippen LogP) is -0.299. The van der Waals surface area contributed by atoms with E-state index in [-0.39, 0.29) is 0 Å². The van der Waals surface area contributed by atoms with Crippen LogP contribution in [-0.4, -0.2) is 66.2 Å². The van der Waals surface area contributed by atoms with Crippen molar-refractivity contribution in [3.05, 3.63) is 12.4 Å². The molecule has 0 bridgehead atoms. The number of nitrogens with zero attached hydrogens (tertiary/aromatic N) is 4. The predicted molar refractivity (Wildman–Crippen MR) is 79.3 cm³/mol. The molecular formula is C13H23N5O2S. The number of nitrogens with two attached hydrogens (primary N) is 1. The first kappa shape index (κ1) is 15.0. The van der Waals surface area contributed by atoms with Crippen molar-refractivity contribution in [2.75, 3.05) is 32.7 Å². The van der Waals surface area contributed by atoms with Gasteiger partial charge < -0.3 is 5.73 Å². The molecule has 2 aliphatic rings. The van der Waals surface area contributed by atoms with Crippen molar-refractivity contribution in [2.45, 2.75) is 36.7 Å². The standard InChI is InChI=1S/C13H23N5O2S/c14-4-2-6-17-11-13(9-15-17)21(19,20)18-8-7-16-5-1-3-12(16)10-18/h9,11-12H,1-8,10,14H2. The third-order valence-electron chi connectivity index (χ3n) is 4.39. The largest absolute Gasteiger partial charge is 0.330 e. The lowest BCUT2D eigenvalue weighted by Crippen LogP contribution is -2.51. The average Bonchev–Trinajstić information content (AvgIpc) is 3.13. The van der Waals surface area contributed by atoms with Crippen molar-refractivity contribution in [1.82, 2.24) is 19.0 Å². The van der Waals surface area contributed by atoms with Crippen LogP contribution in [0.1, 0.15) is 19.3 Å². The normalized spacial score (nSPS) is 24.3. The Morgan fingerprint density at radius 2 is 2.19 bits per heavy atom. The van der Waals surface area contributed by atoms with E-state index in [4.69, 9.17) is 5.73 Å². The summed E-state index contributed by atoms with van der Waals surface area (Å²) in [5, 5.41) is 4.13. The zero-order chi connectivity index (χ0) is 14.9. The van der Waals surface area contributed by atoms with Crippen LogP contribution < -0.4 is 5.73 Å². The van der Waals surface area contributed by atoms with Crippen LogP contribution in [0.15, 0.2) is 17.3 Å². The fourth-order valence-electron chi connectivity index (χ4n) is 3.18. The van der Waals surface area contributed by atoms with Crippen molar-refractivity contribution in [2.24, 2.45) is 5.73 Å². The number of aryl methyl sites for hydroxylation is 1. The second kappa shape index (κ2) is 6.04. The molecule has 2 aliphatic heterocycles. The van der Waals surface area contributed by atoms with Gasteiger partial charge in [0.25, 0.3) is 0 Å². The summed E-state index contributed by atoms with van der Waals surface area (Å²) in [7, 11) is -3.41. The quantitative estimate of drug-likeness (QED) is 0.807. The first-order valence-electron chi connectivity index (χ1n) is 7.58. The van der Waals surface area contributed by atoms with Gasteiger partial charge in [0.05, 0.1) is 6.20 Å². The molecule has 1 atom stereocenters. The maximum absolute atomic E-state index is 12.7. The number of hydrogen-bond donors (Lipinski definition) is 1. The van der Waals surface area contributed by atoms with Gasteiger partial charge in [-0.25, -0.2) is 8.42 Å². The third-order valence-corrected chi connectivity index (χ3v) is 6.21. The van der Waals surface area contributed by atoms with Crippen LogP contribution in [0.5, 0.6) is 0 Å². The minimum absolute atomic E-state index is 0.297. The van der Waals surface area contributed by atoms with Gasteiger partial charge in [-0.1, -0.05) is 0 Å². The molecule has 0 saturated carbocycles. The monoisotopic (exact) mass is 313 g/mol. The fraction of sp³-hybridized carbons (Fsp3) is 0.769. The van der Waals surface area contributed by atoms with E-state index in [2.05, 4.69) is 10.00 Å². The molecule has 0 spiro atoms. The Hall–Kier alpha value is -0.960. The number of fused-ring (bicyclic) bond motifs is 1. The van der Waals surface area contributed by atoms with Gasteiger partial charge in [0.15, 0.2) is 0 Å². The second-order valence-electron chi connectivity index (χ2n) is 5.78. The van der Waals surface area contributed by atoms with Crippen molar-refractivity contribution in [1.29, 1.82) is 0 Å². The van der Waals surface area contributed by atoms with Crippen LogP contribution in [0.25, 0.3) is 0 Å². The van der Waals surface area contributed by atoms with Crippen LogP contribution in [0.2, 0.25) is 0 Å². The van der Waals surface area contributed by atoms with E-state index in [0.717, 1.165) is 25.9 Å². The van der Waals surface area contributed by atoms with Gasteiger partial charge in [-0.15, -0.1) is 0 Å². The van der Waals surface area contributed by atoms with Gasteiger partial charge >= 0.3 is 0 Å². The Kier molecular flexibility index (Phi) is 4.30. The number of piperazine rings is 1. The van der Waals surface area contributed by atoms with Gasteiger partial charge in [0, 0.05) is 38.4 Å². The minimum Gasteiger partial charge on any atom is -0.330 e. The molecular weight excluding hydrogens is 290 g/mol. The zero-order valence-corrected chi connectivity index (χ0v) is 13.0. The van der Waals surface area contributed by atoms with Gasteiger partial charge in [-0.05, 0) is 32.4 Å². The summed E-state index contributed by atoms with van der Waals surface area (Å²) in [4.78, 5) is 2.70. The van der Waals surface area contributed by atoms with E-state index in [1.807, 2.05) is 0 Å². The summed E-state index contributed by atoms with van der Waals surface area (Å²) in [6.45, 7) is 4.36. The van der Waals surface area contributed by atoms with Gasteiger partial charge in [-0.2, -0.15) is 9.40 Å². The first-order valence-corrected chi connectivity index (χ1v) is 9.02. The molecule has 0 aliphatic carbocycles. The van der Waals surface area contributed by atoms with Crippen molar-refractivity contribution in [3.63, 3.8) is 0 Å². The van der Waals surface area contributed by atoms with Gasteiger partial charge in [0.2, 0.25) is 10.0 Å². The van der Waals surface area contributed by atoms with E-state index >= 15 is 0 Å². The molecule has 3 heterocycles. The minimum atomic E-state index is -3.41. The molecule has 3 rings (SSSR count). The molecule has 2 N–H and O–H groups in total. The second-order valence-corrected chi connectivity index (χ2v) is 7.71. The molecule has 0 amide bonds. The lowest BCUT2D eigenvalue weighted by molar-refractivity contribution is 0.158. The molecule has 2 saturated heterocycles. The fourth-order valence-corrected chi connectivity index (χ4v) is 4.61. The van der Waals surface area contributed by atoms with Crippen LogP contribution in [0, 0.1) is 0 Å². The molecule has 0 radical (unpaired) electrons. The topological polar surface area (TPSA) is 84.5 Å². The highest BCUT2D eigenvalue weighted by molar-refractivity contribution is 7.89. The SMILES string of the molecule is NCCCn1cc(S(=O)(=O)N2CCN3CCCC3C2)cn1. The van der Waals surface area contributed by atoms with Crippen molar-refractivity contribution in [3.8, 4) is 0 Å². The third kappa shape index (κ3) is 2.98. The molecule has 1 aromatic heterocycles. The van der Waals surface area contributed by atoms with Crippen molar-refractivity contribution < 1.29 is 8.42 Å². The lowest BCUT2D eigenvalue weighted by atomic mass is 10.2. The Labute approximate surface area is 125 Å². The Balaban J connectivity index is 1.72. The molecule has 21 heavy (non-hydrogen) atoms. The summed E-state index contributed by atoms with van der Waals surface area (Å²) in [5.41, 5.74) is 5.46. The lowest BCUT2D eigenvalue weighted by Gasteiger charge is -2.36. The van der Waals surface area contributed by atoms with Crippen LogP contribution in [-0.2, 0) is 16.6 Å². The van der Waals surface area contributed by atoms with E-state index < -0.39 is 10.0 Å². The number of sulfonamides is 1. The molecule has 1 aromatic rings. The number of aromatic nitrogens is 2. The summed E-state index contributed by atoms with van der Waals surface area (Å²) < 4.78 is 28.7. The Morgan fingerprint density at radius 1 is 1.33 bits per heavy atom. The smallest absolute Gasteiger partial charge is 0.246 e. The van der Waals surface area contributed by atoms with E-state index in [0.29, 0.717) is 37.1 Å². The highest BCUT2D eigenvalue weighted by Crippen LogP contribution is 2.25. The number of rotatable bonds is 5. The molecule has 7 nitrogen and oxygen atoms in total. The maximum atomic E-state index is 12.7. The van der Waals surface area contributed by atoms with Gasteiger partial charge in [-0.3, -0.25) is 9.58 Å². The molecule has 1 unspecified atom stereocenters. The highest BCUT2D eigenvalue weighted by atomic mass is 32.2. The average molecular weight is 313 g/mol. The maximum Gasteiger partial charge on any atom is 0.246 e. The van der Waals surface area contributed by atoms with Crippen molar-refractivity contribution >= 4 is 10.0 Å². The van der Waals surface area contributed by atoms with E-state index in [9.17, 15) is 8.42 Å². The summed E-state index contributed by atoms with van der Waals surface area (Å²) in [5.74, 6) is 0. The number of hydrogen-bond acceptors (Lipinski definition) is 5. The van der Waals surface area contributed by atoms with Gasteiger partial charge in [0.1, 0.15) is 4.90 Å². The summed E-state index contributed by atoms with van der Waals surface area (Å²) in [6.07, 6.45) is 6.14. The van der Waals surface area contributed by atoms with Crippen LogP contribution in [0.4, 0.5) is 0 Å². The first-order chi connectivity index (χ1) is 10.1. The van der Waals surface area contributed by atoms with E-state index in [1.165, 1.54) is 12.6 Å². The van der Waals surface area contributed by atoms with Crippen LogP contribution >= 0.6 is 0 Å². The van der Waals surface area contributed by atoms with E-state index in [1.54, 1.807) is 15.2 Å². The molecule has 118 valence electrons. The molecule has 2 fully saturated rings. The molecule has 0 aromatic carbocycles.